The van der Waals surface area contributed by atoms with Crippen molar-refractivity contribution in [3.8, 4) is 0 Å². The van der Waals surface area contributed by atoms with Crippen LogP contribution in [0, 0.1) is 5.41 Å². The minimum atomic E-state index is -0.377. The van der Waals surface area contributed by atoms with E-state index in [9.17, 15) is 4.79 Å². The van der Waals surface area contributed by atoms with Crippen molar-refractivity contribution in [3.63, 3.8) is 0 Å². The number of aromatic nitrogens is 1. The number of likely N-dealkylation sites (tertiary alicyclic amines) is 1. The molecule has 4 rings (SSSR count). The van der Waals surface area contributed by atoms with Crippen LogP contribution >= 0.6 is 0 Å². The van der Waals surface area contributed by atoms with Gasteiger partial charge in [0.05, 0.1) is 11.5 Å². The van der Waals surface area contributed by atoms with E-state index < -0.39 is 0 Å². The maximum Gasteiger partial charge on any atom is 0.229 e. The van der Waals surface area contributed by atoms with E-state index in [1.54, 1.807) is 7.05 Å². The van der Waals surface area contributed by atoms with Crippen LogP contribution in [0.4, 0.5) is 0 Å². The van der Waals surface area contributed by atoms with Gasteiger partial charge < -0.3 is 14.6 Å². The predicted molar refractivity (Wildman–Crippen MR) is 93.7 cm³/mol. The highest BCUT2D eigenvalue weighted by Crippen LogP contribution is 2.41. The first-order valence-electron chi connectivity index (χ1n) is 8.73. The highest BCUT2D eigenvalue weighted by atomic mass is 16.5. The average Bonchev–Trinajstić information content (AvgIpc) is 3.17. The number of nitrogens with zero attached hydrogens (tertiary/aromatic N) is 2. The largest absolute Gasteiger partial charge is 0.377 e. The van der Waals surface area contributed by atoms with Gasteiger partial charge in [-0.3, -0.25) is 9.69 Å². The third-order valence-electron chi connectivity index (χ3n) is 5.75. The second-order valence-electron chi connectivity index (χ2n) is 7.13. The molecule has 2 aliphatic heterocycles. The van der Waals surface area contributed by atoms with Crippen LogP contribution in [0.1, 0.15) is 18.4 Å². The molecule has 1 amide bonds. The minimum Gasteiger partial charge on any atom is -0.377 e. The fraction of sp³-hybridized carbons (Fsp3) is 0.526. The molecule has 0 bridgehead atoms. The summed E-state index contributed by atoms with van der Waals surface area (Å²) in [6, 6.07) is 8.51. The molecule has 0 saturated carbocycles. The van der Waals surface area contributed by atoms with Gasteiger partial charge >= 0.3 is 0 Å². The molecule has 2 aromatic rings. The number of nitrogens with one attached hydrogen (secondary N) is 1. The van der Waals surface area contributed by atoms with Crippen LogP contribution < -0.4 is 5.32 Å². The summed E-state index contributed by atoms with van der Waals surface area (Å²) < 4.78 is 8.05. The summed E-state index contributed by atoms with van der Waals surface area (Å²) in [7, 11) is 3.82. The summed E-state index contributed by atoms with van der Waals surface area (Å²) in [5.41, 5.74) is 2.21. The fourth-order valence-electron chi connectivity index (χ4n) is 4.53. The second kappa shape index (κ2) is 5.90. The number of fused-ring (bicyclic) bond motifs is 2. The number of para-hydroxylation sites is 1. The molecule has 24 heavy (non-hydrogen) atoms. The summed E-state index contributed by atoms with van der Waals surface area (Å²) in [5.74, 6) is 0.132. The smallest absolute Gasteiger partial charge is 0.229 e. The molecule has 3 heterocycles. The van der Waals surface area contributed by atoms with E-state index in [1.807, 2.05) is 0 Å². The monoisotopic (exact) mass is 327 g/mol. The third kappa shape index (κ3) is 2.34. The van der Waals surface area contributed by atoms with Crippen molar-refractivity contribution in [1.82, 2.24) is 14.8 Å². The van der Waals surface area contributed by atoms with Crippen molar-refractivity contribution in [3.05, 3.63) is 36.0 Å². The van der Waals surface area contributed by atoms with Gasteiger partial charge in [-0.25, -0.2) is 0 Å². The molecule has 128 valence electrons. The van der Waals surface area contributed by atoms with Gasteiger partial charge in [-0.1, -0.05) is 18.2 Å². The molecule has 2 atom stereocenters. The summed E-state index contributed by atoms with van der Waals surface area (Å²) in [4.78, 5) is 15.0. The van der Waals surface area contributed by atoms with E-state index in [4.69, 9.17) is 4.74 Å². The number of amides is 1. The maximum atomic E-state index is 12.6. The molecule has 0 aliphatic carbocycles. The first-order chi connectivity index (χ1) is 11.6. The number of carbonyl (C=O) groups is 1. The van der Waals surface area contributed by atoms with Crippen molar-refractivity contribution >= 4 is 16.8 Å². The Kier molecular flexibility index (Phi) is 3.85. The molecule has 1 N–H and O–H groups in total. The Hall–Kier alpha value is -1.85. The van der Waals surface area contributed by atoms with E-state index in [-0.39, 0.29) is 17.4 Å². The minimum absolute atomic E-state index is 0.0706. The van der Waals surface area contributed by atoms with Crippen LogP contribution in [0.2, 0.25) is 0 Å². The zero-order valence-corrected chi connectivity index (χ0v) is 14.4. The van der Waals surface area contributed by atoms with Gasteiger partial charge in [0.1, 0.15) is 0 Å². The number of hydrogen-bond donors (Lipinski definition) is 1. The Bertz CT molecular complexity index is 769. The van der Waals surface area contributed by atoms with Gasteiger partial charge in [0.2, 0.25) is 5.91 Å². The highest BCUT2D eigenvalue weighted by molar-refractivity contribution is 5.84. The first-order valence-corrected chi connectivity index (χ1v) is 8.73. The van der Waals surface area contributed by atoms with E-state index in [1.165, 1.54) is 16.5 Å². The molecule has 5 nitrogen and oxygen atoms in total. The topological polar surface area (TPSA) is 46.5 Å². The Labute approximate surface area is 142 Å². The van der Waals surface area contributed by atoms with Crippen LogP contribution in [0.25, 0.3) is 10.9 Å². The van der Waals surface area contributed by atoms with E-state index in [0.29, 0.717) is 6.61 Å². The Morgan fingerprint density at radius 3 is 3.08 bits per heavy atom. The van der Waals surface area contributed by atoms with Crippen molar-refractivity contribution in [2.75, 3.05) is 26.7 Å². The van der Waals surface area contributed by atoms with Gasteiger partial charge in [-0.15, -0.1) is 0 Å². The number of benzene rings is 1. The number of piperidine rings is 1. The van der Waals surface area contributed by atoms with Gasteiger partial charge in [-0.05, 0) is 24.5 Å². The lowest BCUT2D eigenvalue weighted by molar-refractivity contribution is -0.138. The van der Waals surface area contributed by atoms with E-state index in [2.05, 4.69) is 52.3 Å². The van der Waals surface area contributed by atoms with Crippen LogP contribution in [-0.2, 0) is 23.1 Å². The van der Waals surface area contributed by atoms with E-state index >= 15 is 0 Å². The Balaban J connectivity index is 1.60. The quantitative estimate of drug-likeness (QED) is 0.937. The predicted octanol–water partition coefficient (Wildman–Crippen LogP) is 1.91. The molecule has 0 spiro atoms. The molecule has 2 aliphatic rings. The van der Waals surface area contributed by atoms with Gasteiger partial charge in [0.15, 0.2) is 0 Å². The molecular formula is C19H25N3O2. The summed E-state index contributed by atoms with van der Waals surface area (Å²) in [5, 5.41) is 4.17. The number of carbonyl (C=O) groups excluding carboxylic acids is 1. The normalized spacial score (nSPS) is 27.3. The molecule has 1 aromatic carbocycles. The summed E-state index contributed by atoms with van der Waals surface area (Å²) in [6.45, 7) is 3.33. The molecule has 5 heteroatoms. The molecular weight excluding hydrogens is 302 g/mol. The lowest BCUT2D eigenvalue weighted by Gasteiger charge is -2.42. The average molecular weight is 327 g/mol. The van der Waals surface area contributed by atoms with Crippen molar-refractivity contribution in [1.29, 1.82) is 0 Å². The van der Waals surface area contributed by atoms with Crippen LogP contribution in [-0.4, -0.2) is 48.2 Å². The van der Waals surface area contributed by atoms with Crippen molar-refractivity contribution in [2.24, 2.45) is 12.5 Å². The molecule has 0 radical (unpaired) electrons. The van der Waals surface area contributed by atoms with Gasteiger partial charge in [0.25, 0.3) is 0 Å². The lowest BCUT2D eigenvalue weighted by atomic mass is 9.75. The maximum absolute atomic E-state index is 12.6. The van der Waals surface area contributed by atoms with Crippen LogP contribution in [0.15, 0.2) is 30.5 Å². The second-order valence-corrected chi connectivity index (χ2v) is 7.13. The number of hydrogen-bond acceptors (Lipinski definition) is 3. The number of ether oxygens (including phenoxy) is 1. The Morgan fingerprint density at radius 2 is 2.25 bits per heavy atom. The lowest BCUT2D eigenvalue weighted by Crippen LogP contribution is -2.56. The summed E-state index contributed by atoms with van der Waals surface area (Å²) in [6.07, 6.45) is 4.04. The van der Waals surface area contributed by atoms with Crippen LogP contribution in [0.3, 0.4) is 0 Å². The standard InChI is InChI=1S/C19H25N3O2/c1-20-18(23)19-8-10-24-17(19)7-9-22(13-19)12-14-11-21(2)16-6-4-3-5-15(14)16/h3-6,11,17H,7-10,12-13H2,1-2H3,(H,20,23)/t17-,19-/m1/s1. The van der Waals surface area contributed by atoms with E-state index in [0.717, 1.165) is 32.5 Å². The number of aryl methyl sites for hydroxylation is 1. The zero-order valence-electron chi connectivity index (χ0n) is 14.4. The third-order valence-corrected chi connectivity index (χ3v) is 5.75. The molecule has 2 saturated heterocycles. The first kappa shape index (κ1) is 15.7. The summed E-state index contributed by atoms with van der Waals surface area (Å²) >= 11 is 0. The molecule has 1 aromatic heterocycles. The fourth-order valence-corrected chi connectivity index (χ4v) is 4.53. The van der Waals surface area contributed by atoms with Crippen LogP contribution in [0.5, 0.6) is 0 Å². The van der Waals surface area contributed by atoms with Crippen molar-refractivity contribution in [2.45, 2.75) is 25.5 Å². The zero-order chi connectivity index (χ0) is 16.7. The van der Waals surface area contributed by atoms with Crippen molar-refractivity contribution < 1.29 is 9.53 Å². The number of rotatable bonds is 3. The Morgan fingerprint density at radius 1 is 1.42 bits per heavy atom. The van der Waals surface area contributed by atoms with Gasteiger partial charge in [0, 0.05) is 57.4 Å². The molecule has 2 fully saturated rings. The van der Waals surface area contributed by atoms with Gasteiger partial charge in [-0.2, -0.15) is 0 Å². The molecule has 0 unspecified atom stereocenters. The highest BCUT2D eigenvalue weighted by Gasteiger charge is 2.52. The SMILES string of the molecule is CNC(=O)[C@@]12CCO[C@@H]1CCN(Cc1cn(C)c3ccccc13)C2.